The molecule has 0 unspecified atom stereocenters. The van der Waals surface area contributed by atoms with E-state index in [1.54, 1.807) is 17.0 Å². The van der Waals surface area contributed by atoms with Gasteiger partial charge in [-0.25, -0.2) is 21.6 Å². The molecular formula is C22H23F3N2O3S. The highest BCUT2D eigenvalue weighted by Crippen LogP contribution is 2.43. The number of piperazine rings is 1. The molecule has 2 aromatic rings. The molecule has 31 heavy (non-hydrogen) atoms. The second-order valence-corrected chi connectivity index (χ2v) is 9.98. The van der Waals surface area contributed by atoms with Gasteiger partial charge in [0.25, 0.3) is 0 Å². The lowest BCUT2D eigenvalue weighted by Gasteiger charge is -2.39. The second-order valence-electron chi connectivity index (χ2n) is 8.07. The Balaban J connectivity index is 1.52. The fourth-order valence-corrected chi connectivity index (χ4v) is 6.12. The summed E-state index contributed by atoms with van der Waals surface area (Å²) in [6.45, 7) is 0.310. The van der Waals surface area contributed by atoms with Crippen LogP contribution in [0.1, 0.15) is 31.2 Å². The predicted octanol–water partition coefficient (Wildman–Crippen LogP) is 3.45. The first-order valence-corrected chi connectivity index (χ1v) is 11.7. The van der Waals surface area contributed by atoms with E-state index >= 15 is 0 Å². The van der Waals surface area contributed by atoms with Crippen LogP contribution < -0.4 is 0 Å². The van der Waals surface area contributed by atoms with Crippen LogP contribution in [-0.2, 0) is 20.2 Å². The van der Waals surface area contributed by atoms with Crippen molar-refractivity contribution in [2.45, 2.75) is 36.0 Å². The summed E-state index contributed by atoms with van der Waals surface area (Å²) in [6.07, 6.45) is 2.96. The van der Waals surface area contributed by atoms with E-state index in [1.807, 2.05) is 0 Å². The van der Waals surface area contributed by atoms with Crippen molar-refractivity contribution in [3.63, 3.8) is 0 Å². The maximum atomic E-state index is 14.0. The zero-order valence-corrected chi connectivity index (χ0v) is 17.7. The molecule has 1 heterocycles. The highest BCUT2D eigenvalue weighted by atomic mass is 32.2. The SMILES string of the molecule is O=C(N1CCN(S(=O)(=O)c2ccc(F)cc2F)CC1)C1(c2cccc(F)c2)CCCC1. The molecule has 166 valence electrons. The molecule has 0 radical (unpaired) electrons. The summed E-state index contributed by atoms with van der Waals surface area (Å²) in [5, 5.41) is 0. The molecular weight excluding hydrogens is 429 g/mol. The lowest BCUT2D eigenvalue weighted by molar-refractivity contribution is -0.138. The van der Waals surface area contributed by atoms with Gasteiger partial charge in [0, 0.05) is 32.2 Å². The molecule has 1 amide bonds. The highest BCUT2D eigenvalue weighted by molar-refractivity contribution is 7.89. The summed E-state index contributed by atoms with van der Waals surface area (Å²) < 4.78 is 67.7. The van der Waals surface area contributed by atoms with Crippen molar-refractivity contribution in [3.8, 4) is 0 Å². The zero-order chi connectivity index (χ0) is 22.2. The number of sulfonamides is 1. The van der Waals surface area contributed by atoms with Gasteiger partial charge in [0.1, 0.15) is 22.3 Å². The van der Waals surface area contributed by atoms with Gasteiger partial charge in [-0.1, -0.05) is 25.0 Å². The summed E-state index contributed by atoms with van der Waals surface area (Å²) in [5.41, 5.74) is -0.148. The van der Waals surface area contributed by atoms with Crippen LogP contribution in [0.2, 0.25) is 0 Å². The van der Waals surface area contributed by atoms with E-state index in [1.165, 1.54) is 12.1 Å². The first-order valence-electron chi connectivity index (χ1n) is 10.2. The molecule has 4 rings (SSSR count). The van der Waals surface area contributed by atoms with Gasteiger partial charge in [-0.3, -0.25) is 4.79 Å². The van der Waals surface area contributed by atoms with Crippen molar-refractivity contribution in [2.24, 2.45) is 0 Å². The summed E-state index contributed by atoms with van der Waals surface area (Å²) in [6, 6.07) is 8.46. The Morgan fingerprint density at radius 1 is 0.871 bits per heavy atom. The first-order chi connectivity index (χ1) is 14.7. The summed E-state index contributed by atoms with van der Waals surface area (Å²) in [5.74, 6) is -2.52. The van der Waals surface area contributed by atoms with Crippen molar-refractivity contribution in [3.05, 3.63) is 65.5 Å². The third kappa shape index (κ3) is 3.96. The smallest absolute Gasteiger partial charge is 0.246 e. The Bertz CT molecular complexity index is 1090. The number of hydrogen-bond acceptors (Lipinski definition) is 3. The molecule has 0 atom stereocenters. The quantitative estimate of drug-likeness (QED) is 0.714. The zero-order valence-electron chi connectivity index (χ0n) is 16.9. The lowest BCUT2D eigenvalue weighted by atomic mass is 9.77. The minimum Gasteiger partial charge on any atom is -0.339 e. The average Bonchev–Trinajstić information content (AvgIpc) is 3.24. The minimum atomic E-state index is -4.15. The van der Waals surface area contributed by atoms with E-state index in [4.69, 9.17) is 0 Å². The van der Waals surface area contributed by atoms with Gasteiger partial charge >= 0.3 is 0 Å². The summed E-state index contributed by atoms with van der Waals surface area (Å²) in [7, 11) is -4.15. The van der Waals surface area contributed by atoms with E-state index in [2.05, 4.69) is 0 Å². The van der Waals surface area contributed by atoms with Gasteiger partial charge in [-0.15, -0.1) is 0 Å². The number of benzene rings is 2. The molecule has 9 heteroatoms. The molecule has 1 aliphatic heterocycles. The average molecular weight is 452 g/mol. The molecule has 5 nitrogen and oxygen atoms in total. The van der Waals surface area contributed by atoms with E-state index < -0.39 is 37.8 Å². The van der Waals surface area contributed by atoms with E-state index in [9.17, 15) is 26.4 Å². The van der Waals surface area contributed by atoms with Crippen LogP contribution in [-0.4, -0.2) is 49.7 Å². The normalized spacial score (nSPS) is 19.5. The van der Waals surface area contributed by atoms with Crippen LogP contribution in [0.25, 0.3) is 0 Å². The van der Waals surface area contributed by atoms with Crippen LogP contribution in [0.4, 0.5) is 13.2 Å². The third-order valence-electron chi connectivity index (χ3n) is 6.28. The van der Waals surface area contributed by atoms with Crippen LogP contribution in [0.15, 0.2) is 47.4 Å². The Morgan fingerprint density at radius 3 is 2.13 bits per heavy atom. The Kier molecular flexibility index (Phi) is 5.83. The van der Waals surface area contributed by atoms with Crippen molar-refractivity contribution >= 4 is 15.9 Å². The maximum absolute atomic E-state index is 14.0. The van der Waals surface area contributed by atoms with Crippen molar-refractivity contribution in [2.75, 3.05) is 26.2 Å². The second kappa shape index (κ2) is 8.27. The molecule has 0 N–H and O–H groups in total. The van der Waals surface area contributed by atoms with Crippen LogP contribution in [0, 0.1) is 17.5 Å². The molecule has 0 spiro atoms. The highest BCUT2D eigenvalue weighted by Gasteiger charge is 2.46. The van der Waals surface area contributed by atoms with Gasteiger partial charge in [0.2, 0.25) is 15.9 Å². The van der Waals surface area contributed by atoms with E-state index in [0.29, 0.717) is 24.5 Å². The van der Waals surface area contributed by atoms with Gasteiger partial charge in [0.05, 0.1) is 5.41 Å². The van der Waals surface area contributed by atoms with E-state index in [0.717, 1.165) is 29.3 Å². The molecule has 2 aliphatic rings. The van der Waals surface area contributed by atoms with E-state index in [-0.39, 0.29) is 32.1 Å². The molecule has 1 saturated carbocycles. The van der Waals surface area contributed by atoms with Crippen LogP contribution >= 0.6 is 0 Å². The number of nitrogens with zero attached hydrogens (tertiary/aromatic N) is 2. The van der Waals surface area contributed by atoms with Crippen molar-refractivity contribution < 1.29 is 26.4 Å². The first kappa shape index (κ1) is 21.8. The molecule has 1 aliphatic carbocycles. The monoisotopic (exact) mass is 452 g/mol. The molecule has 2 fully saturated rings. The Labute approximate surface area is 179 Å². The maximum Gasteiger partial charge on any atom is 0.246 e. The molecule has 0 aromatic heterocycles. The van der Waals surface area contributed by atoms with Gasteiger partial charge in [-0.05, 0) is 42.7 Å². The Morgan fingerprint density at radius 2 is 1.52 bits per heavy atom. The predicted molar refractivity (Wildman–Crippen MR) is 108 cm³/mol. The fourth-order valence-electron chi connectivity index (χ4n) is 4.65. The van der Waals surface area contributed by atoms with Gasteiger partial charge in [-0.2, -0.15) is 4.31 Å². The fraction of sp³-hybridized carbons (Fsp3) is 0.409. The van der Waals surface area contributed by atoms with Crippen LogP contribution in [0.3, 0.4) is 0 Å². The van der Waals surface area contributed by atoms with Gasteiger partial charge in [0.15, 0.2) is 0 Å². The largest absolute Gasteiger partial charge is 0.339 e. The third-order valence-corrected chi connectivity index (χ3v) is 8.21. The van der Waals surface area contributed by atoms with Crippen molar-refractivity contribution in [1.29, 1.82) is 0 Å². The number of amides is 1. The van der Waals surface area contributed by atoms with Gasteiger partial charge < -0.3 is 4.90 Å². The summed E-state index contributed by atoms with van der Waals surface area (Å²) in [4.78, 5) is 14.5. The number of halogens is 3. The lowest BCUT2D eigenvalue weighted by Crippen LogP contribution is -2.55. The minimum absolute atomic E-state index is 0.00409. The Hall–Kier alpha value is -2.39. The number of carbonyl (C=O) groups is 1. The van der Waals surface area contributed by atoms with Crippen LogP contribution in [0.5, 0.6) is 0 Å². The number of rotatable bonds is 4. The molecule has 2 aromatic carbocycles. The number of hydrogen-bond donors (Lipinski definition) is 0. The molecule has 0 bridgehead atoms. The standard InChI is InChI=1S/C22H23F3N2O3S/c23-17-5-3-4-16(14-17)22(8-1-2-9-22)21(28)26-10-12-27(13-11-26)31(29,30)20-7-6-18(24)15-19(20)25/h3-7,14-15H,1-2,8-13H2. The van der Waals surface area contributed by atoms with Crippen molar-refractivity contribution in [1.82, 2.24) is 9.21 Å². The topological polar surface area (TPSA) is 57.7 Å². The summed E-state index contributed by atoms with van der Waals surface area (Å²) >= 11 is 0. The number of carbonyl (C=O) groups excluding carboxylic acids is 1. The molecule has 1 saturated heterocycles.